The summed E-state index contributed by atoms with van der Waals surface area (Å²) in [5.41, 5.74) is 1.98. The maximum atomic E-state index is 12.2. The van der Waals surface area contributed by atoms with Gasteiger partial charge in [-0.05, 0) is 30.3 Å². The number of pyridine rings is 1. The van der Waals surface area contributed by atoms with Crippen molar-refractivity contribution in [1.29, 1.82) is 0 Å². The van der Waals surface area contributed by atoms with Crippen molar-refractivity contribution < 1.29 is 43.2 Å². The average Bonchev–Trinajstić information content (AvgIpc) is 2.89. The Balaban J connectivity index is 0.00000192. The van der Waals surface area contributed by atoms with Gasteiger partial charge in [-0.1, -0.05) is 0 Å². The summed E-state index contributed by atoms with van der Waals surface area (Å²) in [6.45, 7) is 0. The van der Waals surface area contributed by atoms with Crippen LogP contribution in [-0.4, -0.2) is 22.7 Å². The third-order valence-corrected chi connectivity index (χ3v) is 4.72. The minimum Gasteiger partial charge on any atom is -1.00 e. The number of carboxylic acids is 1. The Morgan fingerprint density at radius 3 is 2.61 bits per heavy atom. The Labute approximate surface area is 155 Å². The molecule has 0 bridgehead atoms. The van der Waals surface area contributed by atoms with Crippen LogP contribution in [0.25, 0.3) is 0 Å². The van der Waals surface area contributed by atoms with Crippen molar-refractivity contribution in [3.8, 4) is 0 Å². The van der Waals surface area contributed by atoms with Gasteiger partial charge in [0.25, 0.3) is 0 Å². The first-order valence-electron chi connectivity index (χ1n) is 6.78. The van der Waals surface area contributed by atoms with Crippen LogP contribution in [0.3, 0.4) is 0 Å². The molecule has 1 atom stereocenters. The number of halogens is 1. The summed E-state index contributed by atoms with van der Waals surface area (Å²) in [6.07, 6.45) is 3.94. The molecule has 1 saturated heterocycles. The zero-order valence-electron chi connectivity index (χ0n) is 12.3. The first kappa shape index (κ1) is 17.7. The number of carbonyl (C=O) groups is 2. The molecule has 0 spiro atoms. The molecule has 1 aromatic heterocycles. The Morgan fingerprint density at radius 1 is 1.30 bits per heavy atom. The summed E-state index contributed by atoms with van der Waals surface area (Å²) in [5.74, 6) is -0.519. The van der Waals surface area contributed by atoms with Crippen LogP contribution < -0.4 is 33.4 Å². The van der Waals surface area contributed by atoms with Crippen molar-refractivity contribution in [3.63, 3.8) is 0 Å². The lowest BCUT2D eigenvalue weighted by Crippen LogP contribution is -3.00. The van der Waals surface area contributed by atoms with E-state index in [9.17, 15) is 9.59 Å². The van der Waals surface area contributed by atoms with Crippen molar-refractivity contribution in [2.24, 2.45) is 7.05 Å². The van der Waals surface area contributed by atoms with Gasteiger partial charge in [-0.15, -0.1) is 11.8 Å². The van der Waals surface area contributed by atoms with E-state index in [1.807, 2.05) is 36.1 Å². The lowest BCUT2D eigenvalue weighted by molar-refractivity contribution is -0.671. The number of rotatable bonds is 3. The van der Waals surface area contributed by atoms with E-state index in [-0.39, 0.29) is 40.8 Å². The number of nitrogens with zero attached hydrogens (tertiary/aromatic N) is 2. The van der Waals surface area contributed by atoms with Crippen LogP contribution in [0.4, 0.5) is 5.69 Å². The predicted molar refractivity (Wildman–Crippen MR) is 83.7 cm³/mol. The first-order chi connectivity index (χ1) is 10.6. The molecule has 1 N–H and O–H groups in total. The standard InChI is InChI=1S/C16H14N2O3S.HI/c1-17-8-2-3-12(9-17)15-18(14(19)10-22-15)13-6-4-11(5-7-13)16(20)21;/h2-9,15H,10H2,1H3;1H. The van der Waals surface area contributed by atoms with Crippen LogP contribution >= 0.6 is 11.8 Å². The molecular weight excluding hydrogens is 427 g/mol. The molecule has 1 aliphatic rings. The molecule has 1 aromatic carbocycles. The fourth-order valence-electron chi connectivity index (χ4n) is 2.47. The highest BCUT2D eigenvalue weighted by Gasteiger charge is 2.35. The summed E-state index contributed by atoms with van der Waals surface area (Å²) >= 11 is 1.57. The van der Waals surface area contributed by atoms with Crippen molar-refractivity contribution in [1.82, 2.24) is 0 Å². The number of benzene rings is 1. The van der Waals surface area contributed by atoms with Crippen LogP contribution in [0, 0.1) is 0 Å². The Morgan fingerprint density at radius 2 is 2.00 bits per heavy atom. The number of amides is 1. The van der Waals surface area contributed by atoms with Gasteiger partial charge < -0.3 is 29.1 Å². The van der Waals surface area contributed by atoms with Crippen molar-refractivity contribution >= 4 is 29.3 Å². The Kier molecular flexibility index (Phi) is 5.64. The van der Waals surface area contributed by atoms with Crippen LogP contribution in [0.2, 0.25) is 0 Å². The van der Waals surface area contributed by atoms with Crippen molar-refractivity contribution in [3.05, 3.63) is 59.9 Å². The van der Waals surface area contributed by atoms with Crippen molar-refractivity contribution in [2.45, 2.75) is 5.37 Å². The zero-order valence-corrected chi connectivity index (χ0v) is 15.3. The number of carbonyl (C=O) groups excluding carboxylic acids is 1. The first-order valence-corrected chi connectivity index (χ1v) is 7.83. The molecule has 3 rings (SSSR count). The smallest absolute Gasteiger partial charge is 0.335 e. The van der Waals surface area contributed by atoms with E-state index in [1.54, 1.807) is 28.8 Å². The number of hydrogen-bond acceptors (Lipinski definition) is 3. The molecule has 1 unspecified atom stereocenters. The molecule has 0 radical (unpaired) electrons. The molecule has 2 aromatic rings. The number of aromatic nitrogens is 1. The molecule has 7 heteroatoms. The lowest BCUT2D eigenvalue weighted by Gasteiger charge is -2.23. The zero-order chi connectivity index (χ0) is 15.7. The summed E-state index contributed by atoms with van der Waals surface area (Å²) in [4.78, 5) is 24.9. The van der Waals surface area contributed by atoms with Gasteiger partial charge in [0.2, 0.25) is 5.91 Å². The van der Waals surface area contributed by atoms with E-state index in [4.69, 9.17) is 5.11 Å². The highest BCUT2D eigenvalue weighted by molar-refractivity contribution is 8.00. The van der Waals surface area contributed by atoms with Gasteiger partial charge >= 0.3 is 5.97 Å². The normalized spacial score (nSPS) is 17.0. The van der Waals surface area contributed by atoms with E-state index >= 15 is 0 Å². The fourth-order valence-corrected chi connectivity index (χ4v) is 3.63. The molecule has 1 fully saturated rings. The Bertz CT molecular complexity index is 736. The maximum absolute atomic E-state index is 12.2. The fraction of sp³-hybridized carbons (Fsp3) is 0.188. The summed E-state index contributed by atoms with van der Waals surface area (Å²) < 4.78 is 1.95. The molecule has 2 heterocycles. The molecule has 120 valence electrons. The molecule has 0 aliphatic carbocycles. The van der Waals surface area contributed by atoms with Gasteiger partial charge in [0.15, 0.2) is 12.4 Å². The third kappa shape index (κ3) is 3.66. The molecular formula is C16H15IN2O3S. The maximum Gasteiger partial charge on any atom is 0.335 e. The summed E-state index contributed by atoms with van der Waals surface area (Å²) in [6, 6.07) is 10.4. The molecule has 23 heavy (non-hydrogen) atoms. The van der Waals surface area contributed by atoms with Crippen LogP contribution in [-0.2, 0) is 11.8 Å². The molecule has 1 aliphatic heterocycles. The van der Waals surface area contributed by atoms with Gasteiger partial charge in [-0.25, -0.2) is 9.36 Å². The SMILES string of the molecule is C[n+]1cccc(C2SCC(=O)N2c2ccc(C(=O)O)cc2)c1.[I-]. The van der Waals surface area contributed by atoms with E-state index in [0.29, 0.717) is 5.75 Å². The van der Waals surface area contributed by atoms with E-state index in [0.717, 1.165) is 11.3 Å². The van der Waals surface area contributed by atoms with Crippen LogP contribution in [0.5, 0.6) is 0 Å². The topological polar surface area (TPSA) is 61.5 Å². The second-order valence-corrected chi connectivity index (χ2v) is 6.15. The minimum atomic E-state index is -0.972. The summed E-state index contributed by atoms with van der Waals surface area (Å²) in [5, 5.41) is 8.88. The highest BCUT2D eigenvalue weighted by atomic mass is 127. The number of thioether (sulfide) groups is 1. The van der Waals surface area contributed by atoms with Crippen molar-refractivity contribution in [2.75, 3.05) is 10.7 Å². The van der Waals surface area contributed by atoms with Gasteiger partial charge in [-0.3, -0.25) is 9.69 Å². The highest BCUT2D eigenvalue weighted by Crippen LogP contribution is 2.41. The van der Waals surface area contributed by atoms with Gasteiger partial charge in [0, 0.05) is 17.3 Å². The van der Waals surface area contributed by atoms with Gasteiger partial charge in [-0.2, -0.15) is 0 Å². The molecule has 5 nitrogen and oxygen atoms in total. The summed E-state index contributed by atoms with van der Waals surface area (Å²) in [7, 11) is 1.94. The second-order valence-electron chi connectivity index (χ2n) is 5.08. The van der Waals surface area contributed by atoms with E-state index in [1.165, 1.54) is 12.1 Å². The quantitative estimate of drug-likeness (QED) is 0.489. The van der Waals surface area contributed by atoms with Crippen LogP contribution in [0.1, 0.15) is 21.3 Å². The molecule has 0 saturated carbocycles. The number of aromatic carboxylic acids is 1. The monoisotopic (exact) mass is 442 g/mol. The number of hydrogen-bond donors (Lipinski definition) is 1. The number of aryl methyl sites for hydroxylation is 1. The van der Waals surface area contributed by atoms with E-state index in [2.05, 4.69) is 0 Å². The number of carboxylic acid groups (broad SMARTS) is 1. The lowest BCUT2D eigenvalue weighted by atomic mass is 10.1. The van der Waals surface area contributed by atoms with Crippen LogP contribution in [0.15, 0.2) is 48.8 Å². The molecule has 1 amide bonds. The van der Waals surface area contributed by atoms with E-state index < -0.39 is 5.97 Å². The third-order valence-electron chi connectivity index (χ3n) is 3.51. The average molecular weight is 442 g/mol. The second kappa shape index (κ2) is 7.31. The minimum absolute atomic E-state index is 0. The Hall–Kier alpha value is -1.61. The largest absolute Gasteiger partial charge is 1.00 e. The predicted octanol–water partition coefficient (Wildman–Crippen LogP) is -1.01. The number of anilines is 1. The van der Waals surface area contributed by atoms with Gasteiger partial charge in [0.1, 0.15) is 12.4 Å². The van der Waals surface area contributed by atoms with Gasteiger partial charge in [0.05, 0.1) is 11.3 Å².